The van der Waals surface area contributed by atoms with Crippen LogP contribution in [0.3, 0.4) is 0 Å². The third kappa shape index (κ3) is 2.28. The van der Waals surface area contributed by atoms with Crippen LogP contribution in [-0.2, 0) is 10.3 Å². The van der Waals surface area contributed by atoms with Crippen LogP contribution >= 0.6 is 0 Å². The number of hydrogen-bond donors (Lipinski definition) is 2. The van der Waals surface area contributed by atoms with Crippen molar-refractivity contribution in [3.05, 3.63) is 35.9 Å². The first-order chi connectivity index (χ1) is 6.23. The topological polar surface area (TPSA) is 49.7 Å². The molecule has 0 fully saturated rings. The molecule has 1 aromatic carbocycles. The predicted octanol–water partition coefficient (Wildman–Crippen LogP) is 0.513. The molecule has 0 aromatic heterocycles. The van der Waals surface area contributed by atoms with E-state index in [-0.39, 0.29) is 13.2 Å². The summed E-state index contributed by atoms with van der Waals surface area (Å²) in [5, 5.41) is 19.0. The zero-order valence-electron chi connectivity index (χ0n) is 7.60. The highest BCUT2D eigenvalue weighted by molar-refractivity contribution is 5.22. The van der Waals surface area contributed by atoms with Crippen molar-refractivity contribution in [1.82, 2.24) is 0 Å². The van der Waals surface area contributed by atoms with Crippen LogP contribution in [0, 0.1) is 0 Å². The van der Waals surface area contributed by atoms with Gasteiger partial charge in [0.25, 0.3) is 0 Å². The first-order valence-electron chi connectivity index (χ1n) is 4.10. The summed E-state index contributed by atoms with van der Waals surface area (Å²) in [7, 11) is 1.49. The standard InChI is InChI=1S/C10H14O3/c1-13-8-10(12,7-11)9-5-3-2-4-6-9/h2-6,11-12H,7-8H2,1H3. The van der Waals surface area contributed by atoms with E-state index in [4.69, 9.17) is 9.84 Å². The third-order valence-corrected chi connectivity index (χ3v) is 1.96. The van der Waals surface area contributed by atoms with Gasteiger partial charge in [0.05, 0.1) is 13.2 Å². The van der Waals surface area contributed by atoms with Crippen LogP contribution in [0.4, 0.5) is 0 Å². The van der Waals surface area contributed by atoms with Crippen LogP contribution in [0.5, 0.6) is 0 Å². The van der Waals surface area contributed by atoms with Crippen molar-refractivity contribution in [3.63, 3.8) is 0 Å². The zero-order valence-corrected chi connectivity index (χ0v) is 7.60. The van der Waals surface area contributed by atoms with Crippen molar-refractivity contribution in [2.75, 3.05) is 20.3 Å². The van der Waals surface area contributed by atoms with Crippen molar-refractivity contribution < 1.29 is 14.9 Å². The molecule has 1 rings (SSSR count). The highest BCUT2D eigenvalue weighted by Gasteiger charge is 2.27. The van der Waals surface area contributed by atoms with Crippen LogP contribution < -0.4 is 0 Å². The number of aliphatic hydroxyl groups is 2. The van der Waals surface area contributed by atoms with Crippen LogP contribution in [-0.4, -0.2) is 30.5 Å². The molecule has 0 aliphatic heterocycles. The van der Waals surface area contributed by atoms with Gasteiger partial charge in [-0.25, -0.2) is 0 Å². The first kappa shape index (κ1) is 10.2. The number of ether oxygens (including phenoxy) is 1. The average molecular weight is 182 g/mol. The van der Waals surface area contributed by atoms with Gasteiger partial charge < -0.3 is 14.9 Å². The lowest BCUT2D eigenvalue weighted by molar-refractivity contribution is -0.0718. The summed E-state index contributed by atoms with van der Waals surface area (Å²) >= 11 is 0. The van der Waals surface area contributed by atoms with E-state index in [1.54, 1.807) is 12.1 Å². The van der Waals surface area contributed by atoms with Gasteiger partial charge in [-0.05, 0) is 5.56 Å². The van der Waals surface area contributed by atoms with Crippen molar-refractivity contribution in [3.8, 4) is 0 Å². The molecule has 0 saturated heterocycles. The molecule has 0 saturated carbocycles. The number of rotatable bonds is 4. The van der Waals surface area contributed by atoms with Crippen LogP contribution in [0.1, 0.15) is 5.56 Å². The maximum Gasteiger partial charge on any atom is 0.136 e. The molecule has 2 N–H and O–H groups in total. The Morgan fingerprint density at radius 2 is 1.92 bits per heavy atom. The van der Waals surface area contributed by atoms with E-state index in [1.807, 2.05) is 18.2 Å². The van der Waals surface area contributed by atoms with Gasteiger partial charge in [0.2, 0.25) is 0 Å². The van der Waals surface area contributed by atoms with Gasteiger partial charge in [-0.2, -0.15) is 0 Å². The number of methoxy groups -OCH3 is 1. The Morgan fingerprint density at radius 1 is 1.31 bits per heavy atom. The van der Waals surface area contributed by atoms with E-state index in [1.165, 1.54) is 7.11 Å². The van der Waals surface area contributed by atoms with Crippen LogP contribution in [0.15, 0.2) is 30.3 Å². The maximum atomic E-state index is 9.92. The van der Waals surface area contributed by atoms with E-state index in [0.717, 1.165) is 0 Å². The molecular weight excluding hydrogens is 168 g/mol. The lowest BCUT2D eigenvalue weighted by Gasteiger charge is -2.25. The zero-order chi connectivity index (χ0) is 9.73. The Balaban J connectivity index is 2.89. The highest BCUT2D eigenvalue weighted by atomic mass is 16.5. The van der Waals surface area contributed by atoms with Gasteiger partial charge >= 0.3 is 0 Å². The van der Waals surface area contributed by atoms with E-state index in [2.05, 4.69) is 0 Å². The Morgan fingerprint density at radius 3 is 2.38 bits per heavy atom. The first-order valence-corrected chi connectivity index (χ1v) is 4.10. The second-order valence-corrected chi connectivity index (χ2v) is 2.99. The molecule has 3 nitrogen and oxygen atoms in total. The maximum absolute atomic E-state index is 9.92. The van der Waals surface area contributed by atoms with Crippen LogP contribution in [0.2, 0.25) is 0 Å². The SMILES string of the molecule is COCC(O)(CO)c1ccccc1. The van der Waals surface area contributed by atoms with Crippen molar-refractivity contribution in [2.45, 2.75) is 5.60 Å². The van der Waals surface area contributed by atoms with E-state index >= 15 is 0 Å². The molecule has 0 bridgehead atoms. The molecule has 0 heterocycles. The van der Waals surface area contributed by atoms with Gasteiger partial charge in [0.1, 0.15) is 5.60 Å². The third-order valence-electron chi connectivity index (χ3n) is 1.96. The molecule has 13 heavy (non-hydrogen) atoms. The van der Waals surface area contributed by atoms with Gasteiger partial charge in [0, 0.05) is 7.11 Å². The predicted molar refractivity (Wildman–Crippen MR) is 49.3 cm³/mol. The van der Waals surface area contributed by atoms with Crippen molar-refractivity contribution in [1.29, 1.82) is 0 Å². The summed E-state index contributed by atoms with van der Waals surface area (Å²) in [6.45, 7) is -0.252. The summed E-state index contributed by atoms with van der Waals surface area (Å²) in [5.74, 6) is 0. The van der Waals surface area contributed by atoms with Crippen molar-refractivity contribution in [2.24, 2.45) is 0 Å². The Hall–Kier alpha value is -0.900. The highest BCUT2D eigenvalue weighted by Crippen LogP contribution is 2.20. The van der Waals surface area contributed by atoms with Gasteiger partial charge in [-0.1, -0.05) is 30.3 Å². The summed E-state index contributed by atoms with van der Waals surface area (Å²) in [5.41, 5.74) is -0.616. The summed E-state index contributed by atoms with van der Waals surface area (Å²) in [4.78, 5) is 0. The minimum absolute atomic E-state index is 0.0908. The molecule has 0 aliphatic carbocycles. The number of aliphatic hydroxyl groups excluding tert-OH is 1. The smallest absolute Gasteiger partial charge is 0.136 e. The van der Waals surface area contributed by atoms with E-state index in [9.17, 15) is 5.11 Å². The van der Waals surface area contributed by atoms with Gasteiger partial charge in [-0.3, -0.25) is 0 Å². The fourth-order valence-corrected chi connectivity index (χ4v) is 1.21. The fourth-order valence-electron chi connectivity index (χ4n) is 1.21. The minimum atomic E-state index is -1.28. The van der Waals surface area contributed by atoms with E-state index < -0.39 is 5.60 Å². The molecule has 0 aliphatic rings. The summed E-state index contributed by atoms with van der Waals surface area (Å²) in [6.07, 6.45) is 0. The molecule has 0 radical (unpaired) electrons. The van der Waals surface area contributed by atoms with Gasteiger partial charge in [-0.15, -0.1) is 0 Å². The lowest BCUT2D eigenvalue weighted by Crippen LogP contribution is -2.35. The molecule has 0 spiro atoms. The Kier molecular flexibility index (Phi) is 3.42. The molecule has 3 heteroatoms. The average Bonchev–Trinajstić information content (AvgIpc) is 2.19. The van der Waals surface area contributed by atoms with E-state index in [0.29, 0.717) is 5.56 Å². The van der Waals surface area contributed by atoms with Crippen LogP contribution in [0.25, 0.3) is 0 Å². The molecule has 1 unspecified atom stereocenters. The molecule has 1 atom stereocenters. The summed E-state index contributed by atoms with van der Waals surface area (Å²) in [6, 6.07) is 9.00. The molecule has 1 aromatic rings. The quantitative estimate of drug-likeness (QED) is 0.713. The second-order valence-electron chi connectivity index (χ2n) is 2.99. The fraction of sp³-hybridized carbons (Fsp3) is 0.400. The second kappa shape index (κ2) is 4.37. The molecule has 72 valence electrons. The lowest BCUT2D eigenvalue weighted by atomic mass is 9.96. The number of benzene rings is 1. The Bertz CT molecular complexity index is 248. The number of hydrogen-bond acceptors (Lipinski definition) is 3. The van der Waals surface area contributed by atoms with Gasteiger partial charge in [0.15, 0.2) is 0 Å². The minimum Gasteiger partial charge on any atom is -0.393 e. The molecule has 0 amide bonds. The summed E-state index contributed by atoms with van der Waals surface area (Å²) < 4.78 is 4.84. The Labute approximate surface area is 77.6 Å². The normalized spacial score (nSPS) is 15.3. The molecular formula is C10H14O3. The largest absolute Gasteiger partial charge is 0.393 e. The van der Waals surface area contributed by atoms with Crippen molar-refractivity contribution >= 4 is 0 Å². The monoisotopic (exact) mass is 182 g/mol.